The maximum Gasteiger partial charge on any atom is 0.249 e. The second-order valence-electron chi connectivity index (χ2n) is 10.8. The molecule has 4 aliphatic rings. The minimum atomic E-state index is -0.252. The van der Waals surface area contributed by atoms with Gasteiger partial charge in [-0.25, -0.2) is 0 Å². The van der Waals surface area contributed by atoms with Gasteiger partial charge in [0, 0.05) is 39.9 Å². The number of rotatable bonds is 7. The third-order valence-corrected chi connectivity index (χ3v) is 10.8. The molecular formula is C27H39ClN4O2S2. The third-order valence-electron chi connectivity index (χ3n) is 7.91. The van der Waals surface area contributed by atoms with Crippen molar-refractivity contribution in [2.75, 3.05) is 11.5 Å². The number of allylic oxidation sites excluding steroid dienone is 2. The van der Waals surface area contributed by atoms with Gasteiger partial charge in [0.15, 0.2) is 0 Å². The van der Waals surface area contributed by atoms with Crippen molar-refractivity contribution < 1.29 is 9.59 Å². The van der Waals surface area contributed by atoms with Gasteiger partial charge in [0.2, 0.25) is 11.8 Å². The monoisotopic (exact) mass is 550 g/mol. The number of hydrogen-bond donors (Lipinski definition) is 3. The number of carbonyl (C=O) groups excluding carboxylic acids is 2. The van der Waals surface area contributed by atoms with Crippen LogP contribution in [0, 0.1) is 23.2 Å². The Morgan fingerprint density at radius 1 is 1.11 bits per heavy atom. The number of dihydropyridines is 1. The van der Waals surface area contributed by atoms with Crippen LogP contribution in [0.15, 0.2) is 21.9 Å². The predicted octanol–water partition coefficient (Wildman–Crippen LogP) is 5.20. The molecule has 3 fully saturated rings. The third kappa shape index (κ3) is 6.96. The number of nitriles is 1. The molecule has 2 aliphatic carbocycles. The van der Waals surface area contributed by atoms with E-state index < -0.39 is 0 Å². The number of alkyl halides is 1. The lowest BCUT2D eigenvalue weighted by molar-refractivity contribution is -0.120. The smallest absolute Gasteiger partial charge is 0.249 e. The highest BCUT2D eigenvalue weighted by atomic mass is 35.5. The van der Waals surface area contributed by atoms with Crippen molar-refractivity contribution >= 4 is 46.9 Å². The number of carbonyl (C=O) groups is 2. The maximum absolute atomic E-state index is 13.6. The Kier molecular flexibility index (Phi) is 9.99. The summed E-state index contributed by atoms with van der Waals surface area (Å²) >= 11 is 9.50. The lowest BCUT2D eigenvalue weighted by atomic mass is 9.83. The molecule has 36 heavy (non-hydrogen) atoms. The number of halogens is 1. The van der Waals surface area contributed by atoms with E-state index in [0.29, 0.717) is 17.1 Å². The summed E-state index contributed by atoms with van der Waals surface area (Å²) in [6.45, 7) is 4.17. The van der Waals surface area contributed by atoms with Crippen molar-refractivity contribution in [3.63, 3.8) is 0 Å². The van der Waals surface area contributed by atoms with Gasteiger partial charge >= 0.3 is 0 Å². The van der Waals surface area contributed by atoms with E-state index in [9.17, 15) is 14.9 Å². The van der Waals surface area contributed by atoms with E-state index in [1.807, 2.05) is 18.7 Å². The minimum absolute atomic E-state index is 0.0116. The normalized spacial score (nSPS) is 33.1. The van der Waals surface area contributed by atoms with Gasteiger partial charge in [0.1, 0.15) is 0 Å². The molecule has 0 aromatic heterocycles. The first-order chi connectivity index (χ1) is 17.4. The van der Waals surface area contributed by atoms with E-state index in [1.54, 1.807) is 0 Å². The Labute approximate surface area is 229 Å². The van der Waals surface area contributed by atoms with Crippen LogP contribution >= 0.6 is 35.1 Å². The van der Waals surface area contributed by atoms with Crippen LogP contribution in [0.1, 0.15) is 78.1 Å². The molecule has 9 heteroatoms. The lowest BCUT2D eigenvalue weighted by Gasteiger charge is -2.34. The van der Waals surface area contributed by atoms with E-state index in [2.05, 4.69) is 28.9 Å². The fraction of sp³-hybridized carbons (Fsp3) is 0.741. The fourth-order valence-corrected chi connectivity index (χ4v) is 8.64. The molecule has 4 atom stereocenters. The molecule has 4 rings (SSSR count). The standard InChI is InChI=1S/C27H39ClN4O2S2/c1-16-5-3-6-20(13-16)31-23(33)15-36-27-21(14-29)25(22-7-4-12-35-22)24(17(2)30-27)26(34)32-19-10-8-18(28)9-11-19/h16,18-20,22,25,30H,3-13,15H2,1-2H3,(H,31,33)(H,32,34). The Morgan fingerprint density at radius 2 is 1.89 bits per heavy atom. The van der Waals surface area contributed by atoms with Crippen LogP contribution in [0.5, 0.6) is 0 Å². The molecule has 2 aliphatic heterocycles. The van der Waals surface area contributed by atoms with Gasteiger partial charge in [-0.05, 0) is 70.0 Å². The number of nitrogens with one attached hydrogen (secondary N) is 3. The Balaban J connectivity index is 1.46. The highest BCUT2D eigenvalue weighted by Crippen LogP contribution is 2.44. The average molecular weight is 551 g/mol. The van der Waals surface area contributed by atoms with Crippen LogP contribution in [0.2, 0.25) is 0 Å². The summed E-state index contributed by atoms with van der Waals surface area (Å²) in [5, 5.41) is 21.1. The molecule has 0 aromatic rings. The van der Waals surface area contributed by atoms with Crippen LogP contribution in [-0.4, -0.2) is 46.0 Å². The first-order valence-electron chi connectivity index (χ1n) is 13.5. The minimum Gasteiger partial charge on any atom is -0.353 e. The van der Waals surface area contributed by atoms with Gasteiger partial charge in [-0.1, -0.05) is 31.5 Å². The molecule has 4 unspecified atom stereocenters. The highest BCUT2D eigenvalue weighted by Gasteiger charge is 2.40. The molecule has 1 saturated heterocycles. The summed E-state index contributed by atoms with van der Waals surface area (Å²) in [7, 11) is 0. The maximum atomic E-state index is 13.6. The van der Waals surface area contributed by atoms with E-state index >= 15 is 0 Å². The zero-order valence-electron chi connectivity index (χ0n) is 21.4. The quantitative estimate of drug-likeness (QED) is 0.377. The van der Waals surface area contributed by atoms with Gasteiger partial charge in [-0.3, -0.25) is 9.59 Å². The highest BCUT2D eigenvalue weighted by molar-refractivity contribution is 8.03. The molecule has 0 radical (unpaired) electrons. The molecule has 6 nitrogen and oxygen atoms in total. The lowest BCUT2D eigenvalue weighted by Crippen LogP contribution is -2.43. The van der Waals surface area contributed by atoms with Crippen molar-refractivity contribution in [1.29, 1.82) is 5.26 Å². The number of thioether (sulfide) groups is 2. The summed E-state index contributed by atoms with van der Waals surface area (Å²) in [6.07, 6.45) is 10.2. The van der Waals surface area contributed by atoms with Crippen LogP contribution < -0.4 is 16.0 Å². The van der Waals surface area contributed by atoms with Gasteiger partial charge in [-0.15, -0.1) is 11.6 Å². The van der Waals surface area contributed by atoms with E-state index in [4.69, 9.17) is 11.6 Å². The van der Waals surface area contributed by atoms with Crippen LogP contribution in [0.25, 0.3) is 0 Å². The van der Waals surface area contributed by atoms with Gasteiger partial charge in [0.05, 0.1) is 22.4 Å². The van der Waals surface area contributed by atoms with Crippen molar-refractivity contribution in [1.82, 2.24) is 16.0 Å². The SMILES string of the molecule is CC1=C(C(=O)NC2CCC(Cl)CC2)C(C2CCCS2)C(C#N)=C(SCC(=O)NC2CCCC(C)C2)N1. The van der Waals surface area contributed by atoms with Crippen LogP contribution in [-0.2, 0) is 9.59 Å². The molecular weight excluding hydrogens is 512 g/mol. The van der Waals surface area contributed by atoms with Gasteiger partial charge in [-0.2, -0.15) is 17.0 Å². The predicted molar refractivity (Wildman–Crippen MR) is 150 cm³/mol. The second kappa shape index (κ2) is 13.0. The Morgan fingerprint density at radius 3 is 2.56 bits per heavy atom. The van der Waals surface area contributed by atoms with E-state index in [1.165, 1.54) is 18.2 Å². The number of nitrogens with zero attached hydrogens (tertiary/aromatic N) is 1. The zero-order chi connectivity index (χ0) is 25.7. The molecule has 2 saturated carbocycles. The summed E-state index contributed by atoms with van der Waals surface area (Å²) < 4.78 is 0. The average Bonchev–Trinajstić information content (AvgIpc) is 3.38. The fourth-order valence-electron chi connectivity index (χ4n) is 6.04. The molecule has 3 N–H and O–H groups in total. The summed E-state index contributed by atoms with van der Waals surface area (Å²) in [5.74, 6) is 1.65. The molecule has 0 bridgehead atoms. The van der Waals surface area contributed by atoms with Crippen LogP contribution in [0.4, 0.5) is 0 Å². The topological polar surface area (TPSA) is 94.0 Å². The Bertz CT molecular complexity index is 933. The molecule has 2 heterocycles. The van der Waals surface area contributed by atoms with E-state index in [-0.39, 0.29) is 46.2 Å². The molecule has 0 spiro atoms. The second-order valence-corrected chi connectivity index (χ2v) is 13.7. The van der Waals surface area contributed by atoms with Crippen molar-refractivity contribution in [3.8, 4) is 6.07 Å². The first kappa shape index (κ1) is 27.7. The summed E-state index contributed by atoms with van der Waals surface area (Å²) in [4.78, 5) is 26.3. The Hall–Kier alpha value is -1.30. The molecule has 2 amide bonds. The first-order valence-corrected chi connectivity index (χ1v) is 15.9. The van der Waals surface area contributed by atoms with Gasteiger partial charge in [0.25, 0.3) is 0 Å². The summed E-state index contributed by atoms with van der Waals surface area (Å²) in [6, 6.07) is 2.80. The molecule has 0 aromatic carbocycles. The molecule has 198 valence electrons. The van der Waals surface area contributed by atoms with Crippen molar-refractivity contribution in [3.05, 3.63) is 21.9 Å². The largest absolute Gasteiger partial charge is 0.353 e. The van der Waals surface area contributed by atoms with Crippen LogP contribution in [0.3, 0.4) is 0 Å². The number of amides is 2. The summed E-state index contributed by atoms with van der Waals surface area (Å²) in [5.41, 5.74) is 2.07. The van der Waals surface area contributed by atoms with Gasteiger partial charge < -0.3 is 16.0 Å². The van der Waals surface area contributed by atoms with Crippen molar-refractivity contribution in [2.24, 2.45) is 11.8 Å². The van der Waals surface area contributed by atoms with E-state index in [0.717, 1.165) is 74.3 Å². The van der Waals surface area contributed by atoms with Crippen molar-refractivity contribution in [2.45, 2.75) is 101 Å². The number of hydrogen-bond acceptors (Lipinski definition) is 6. The zero-order valence-corrected chi connectivity index (χ0v) is 23.8.